The van der Waals surface area contributed by atoms with Gasteiger partial charge in [-0.25, -0.2) is 0 Å². The lowest BCUT2D eigenvalue weighted by Crippen LogP contribution is -2.57. The summed E-state index contributed by atoms with van der Waals surface area (Å²) in [7, 11) is 0. The highest BCUT2D eigenvalue weighted by Gasteiger charge is 2.36. The van der Waals surface area contributed by atoms with Gasteiger partial charge in [0.25, 0.3) is 0 Å². The maximum absolute atomic E-state index is 2.51. The summed E-state index contributed by atoms with van der Waals surface area (Å²) in [6.45, 7) is 14.3. The lowest BCUT2D eigenvalue weighted by Gasteiger charge is -2.32. The lowest BCUT2D eigenvalue weighted by atomic mass is 9.34. The maximum Gasteiger partial charge on any atom is 0.244 e. The van der Waals surface area contributed by atoms with Crippen LogP contribution in [0, 0.1) is 0 Å². The smallest absolute Gasteiger partial charge is 0.244 e. The number of nitrogens with zero attached hydrogens (tertiary/aromatic N) is 2. The van der Waals surface area contributed by atoms with E-state index >= 15 is 0 Å². The first-order valence-corrected chi connectivity index (χ1v) is 19.3. The second kappa shape index (κ2) is 12.4. The summed E-state index contributed by atoms with van der Waals surface area (Å²) in [5.74, 6) is 1.32. The molecule has 0 spiro atoms. The second-order valence-electron chi connectivity index (χ2n) is 15.1. The Morgan fingerprint density at radius 1 is 0.471 bits per heavy atom. The van der Waals surface area contributed by atoms with Crippen molar-refractivity contribution in [1.82, 2.24) is 9.13 Å². The van der Waals surface area contributed by atoms with Crippen molar-refractivity contribution >= 4 is 67.7 Å². The molecule has 0 radical (unpaired) electrons. The molecule has 6 aromatic carbocycles. The van der Waals surface area contributed by atoms with Crippen molar-refractivity contribution in [2.45, 2.75) is 69.1 Å². The SMILES string of the molecule is CC(C)c1cc(C(C)C)c(B2c3ccccc3Sc3cc(-n4c5ccccc5c5c4c4ccccc4n5-c4ccccc4)ccc32)c(C(C)C)c1. The molecule has 250 valence electrons. The van der Waals surface area contributed by atoms with Gasteiger partial charge in [-0.1, -0.05) is 161 Å². The van der Waals surface area contributed by atoms with E-state index < -0.39 is 0 Å². The van der Waals surface area contributed by atoms with E-state index in [2.05, 4.69) is 184 Å². The third-order valence-electron chi connectivity index (χ3n) is 11.0. The Balaban J connectivity index is 1.32. The summed E-state index contributed by atoms with van der Waals surface area (Å²) in [5, 5.41) is 2.52. The van der Waals surface area contributed by atoms with Crippen LogP contribution in [0.1, 0.15) is 76.0 Å². The quantitative estimate of drug-likeness (QED) is 0.159. The summed E-state index contributed by atoms with van der Waals surface area (Å²) in [6.07, 6.45) is 0. The standard InChI is InChI=1S/C47H43BN2S/c1-29(2)32-26-37(30(3)4)45(38(27-32)31(5)6)48-39-20-12-15-23-43(39)51-44-28-34(24-25-40(44)48)50-42-22-14-11-19-36(42)46-47(50)35-18-10-13-21-41(35)49(46)33-16-8-7-9-17-33/h7-31H,1-6H3. The number of para-hydroxylation sites is 3. The van der Waals surface area contributed by atoms with Crippen LogP contribution in [0.25, 0.3) is 44.2 Å². The van der Waals surface area contributed by atoms with Gasteiger partial charge in [-0.2, -0.15) is 0 Å². The molecule has 0 saturated heterocycles. The van der Waals surface area contributed by atoms with Crippen molar-refractivity contribution in [2.24, 2.45) is 0 Å². The predicted molar refractivity (Wildman–Crippen MR) is 222 cm³/mol. The summed E-state index contributed by atoms with van der Waals surface area (Å²) in [6, 6.07) is 50.0. The molecule has 9 rings (SSSR count). The molecule has 0 amide bonds. The minimum Gasteiger partial charge on any atom is -0.307 e. The van der Waals surface area contributed by atoms with E-state index in [1.807, 2.05) is 11.8 Å². The highest BCUT2D eigenvalue weighted by Crippen LogP contribution is 2.42. The largest absolute Gasteiger partial charge is 0.307 e. The van der Waals surface area contributed by atoms with Crippen molar-refractivity contribution in [3.05, 3.63) is 150 Å². The van der Waals surface area contributed by atoms with Crippen LogP contribution >= 0.6 is 11.8 Å². The van der Waals surface area contributed by atoms with Gasteiger partial charge in [-0.05, 0) is 76.9 Å². The van der Waals surface area contributed by atoms with Gasteiger partial charge < -0.3 is 9.13 Å². The van der Waals surface area contributed by atoms with Gasteiger partial charge in [0.2, 0.25) is 6.71 Å². The van der Waals surface area contributed by atoms with Crippen LogP contribution < -0.4 is 16.4 Å². The molecular formula is C47H43BN2S. The second-order valence-corrected chi connectivity index (χ2v) is 16.2. The Hall–Kier alpha value is -4.93. The van der Waals surface area contributed by atoms with E-state index in [4.69, 9.17) is 0 Å². The molecule has 0 saturated carbocycles. The molecule has 2 aromatic heterocycles. The number of hydrogen-bond donors (Lipinski definition) is 0. The molecule has 1 aliphatic rings. The molecular weight excluding hydrogens is 635 g/mol. The first kappa shape index (κ1) is 32.0. The Kier molecular flexibility index (Phi) is 7.78. The van der Waals surface area contributed by atoms with Crippen molar-refractivity contribution in [3.63, 3.8) is 0 Å². The van der Waals surface area contributed by atoms with Crippen molar-refractivity contribution in [3.8, 4) is 11.4 Å². The number of rotatable bonds is 6. The minimum absolute atomic E-state index is 0.170. The van der Waals surface area contributed by atoms with E-state index in [0.29, 0.717) is 17.8 Å². The van der Waals surface area contributed by atoms with Crippen LogP contribution in [-0.2, 0) is 0 Å². The fourth-order valence-corrected chi connectivity index (χ4v) is 9.71. The molecule has 2 nitrogen and oxygen atoms in total. The molecule has 1 aliphatic heterocycles. The Bertz CT molecular complexity index is 2570. The number of aromatic nitrogens is 2. The van der Waals surface area contributed by atoms with E-state index in [-0.39, 0.29) is 6.71 Å². The molecule has 0 aliphatic carbocycles. The van der Waals surface area contributed by atoms with Gasteiger partial charge in [0.05, 0.1) is 22.1 Å². The fraction of sp³-hybridized carbons (Fsp3) is 0.191. The third-order valence-corrected chi connectivity index (χ3v) is 12.1. The molecule has 0 fully saturated rings. The van der Waals surface area contributed by atoms with Gasteiger partial charge in [-0.3, -0.25) is 0 Å². The van der Waals surface area contributed by atoms with E-state index in [1.54, 1.807) is 0 Å². The predicted octanol–water partition coefficient (Wildman–Crippen LogP) is 11.1. The van der Waals surface area contributed by atoms with Crippen molar-refractivity contribution in [2.75, 3.05) is 0 Å². The van der Waals surface area contributed by atoms with Gasteiger partial charge in [0.1, 0.15) is 0 Å². The zero-order chi connectivity index (χ0) is 35.0. The Morgan fingerprint density at radius 3 is 1.61 bits per heavy atom. The third kappa shape index (κ3) is 5.02. The molecule has 0 atom stereocenters. The Morgan fingerprint density at radius 2 is 1.00 bits per heavy atom. The van der Waals surface area contributed by atoms with Gasteiger partial charge in [-0.15, -0.1) is 0 Å². The first-order valence-electron chi connectivity index (χ1n) is 18.5. The van der Waals surface area contributed by atoms with Crippen LogP contribution in [0.5, 0.6) is 0 Å². The molecule has 0 unspecified atom stereocenters. The van der Waals surface area contributed by atoms with Crippen LogP contribution in [0.15, 0.2) is 143 Å². The fourth-order valence-electron chi connectivity index (χ4n) is 8.54. The zero-order valence-electron chi connectivity index (χ0n) is 30.3. The van der Waals surface area contributed by atoms with E-state index in [9.17, 15) is 0 Å². The Labute approximate surface area is 306 Å². The number of benzene rings is 6. The van der Waals surface area contributed by atoms with Gasteiger partial charge in [0, 0.05) is 31.9 Å². The van der Waals surface area contributed by atoms with E-state index in [0.717, 1.165) is 0 Å². The zero-order valence-corrected chi connectivity index (χ0v) is 31.1. The van der Waals surface area contributed by atoms with Crippen LogP contribution in [0.3, 0.4) is 0 Å². The average molecular weight is 679 g/mol. The van der Waals surface area contributed by atoms with Gasteiger partial charge in [0.15, 0.2) is 0 Å². The van der Waals surface area contributed by atoms with Crippen molar-refractivity contribution < 1.29 is 0 Å². The van der Waals surface area contributed by atoms with Gasteiger partial charge >= 0.3 is 0 Å². The number of fused-ring (bicyclic) bond motifs is 7. The summed E-state index contributed by atoms with van der Waals surface area (Å²) >= 11 is 1.93. The average Bonchev–Trinajstić information content (AvgIpc) is 3.66. The maximum atomic E-state index is 2.51. The first-order chi connectivity index (χ1) is 24.8. The molecule has 4 heteroatoms. The highest BCUT2D eigenvalue weighted by molar-refractivity contribution is 8.00. The van der Waals surface area contributed by atoms with Crippen LogP contribution in [-0.4, -0.2) is 15.8 Å². The highest BCUT2D eigenvalue weighted by atomic mass is 32.2. The molecule has 0 bridgehead atoms. The van der Waals surface area contributed by atoms with Crippen LogP contribution in [0.2, 0.25) is 0 Å². The molecule has 3 heterocycles. The molecule has 8 aromatic rings. The lowest BCUT2D eigenvalue weighted by molar-refractivity contribution is 0.812. The topological polar surface area (TPSA) is 9.86 Å². The summed E-state index contributed by atoms with van der Waals surface area (Å²) in [4.78, 5) is 2.69. The minimum atomic E-state index is 0.170. The van der Waals surface area contributed by atoms with Crippen LogP contribution in [0.4, 0.5) is 0 Å². The summed E-state index contributed by atoms with van der Waals surface area (Å²) in [5.41, 5.74) is 16.1. The van der Waals surface area contributed by atoms with Crippen molar-refractivity contribution in [1.29, 1.82) is 0 Å². The van der Waals surface area contributed by atoms with E-state index in [1.165, 1.54) is 87.1 Å². The molecule has 51 heavy (non-hydrogen) atoms. The number of hydrogen-bond acceptors (Lipinski definition) is 1. The molecule has 0 N–H and O–H groups in total. The normalized spacial score (nSPS) is 12.9. The summed E-state index contributed by atoms with van der Waals surface area (Å²) < 4.78 is 4.96. The monoisotopic (exact) mass is 678 g/mol.